The van der Waals surface area contributed by atoms with Crippen LogP contribution in [0.3, 0.4) is 0 Å². The van der Waals surface area contributed by atoms with Gasteiger partial charge in [-0.15, -0.1) is 0 Å². The van der Waals surface area contributed by atoms with Gasteiger partial charge >= 0.3 is 0 Å². The minimum atomic E-state index is -0.481. The van der Waals surface area contributed by atoms with Crippen LogP contribution in [0.15, 0.2) is 0 Å². The maximum Gasteiger partial charge on any atom is 0.246 e. The number of hydrogen-bond acceptors (Lipinski definition) is 4. The molecule has 5 nitrogen and oxygen atoms in total. The van der Waals surface area contributed by atoms with Crippen LogP contribution in [-0.4, -0.2) is 47.6 Å². The van der Waals surface area contributed by atoms with Crippen molar-refractivity contribution in [3.63, 3.8) is 0 Å². The van der Waals surface area contributed by atoms with E-state index in [1.165, 1.54) is 7.05 Å². The molecule has 1 saturated heterocycles. The Balaban J connectivity index is 2.47. The van der Waals surface area contributed by atoms with Crippen molar-refractivity contribution in [1.82, 2.24) is 10.2 Å². The number of hydrogen-bond donors (Lipinski definition) is 2. The monoisotopic (exact) mass is 200 g/mol. The van der Waals surface area contributed by atoms with Gasteiger partial charge in [-0.2, -0.15) is 0 Å². The third-order valence-corrected chi connectivity index (χ3v) is 2.31. The first-order chi connectivity index (χ1) is 6.52. The van der Waals surface area contributed by atoms with Crippen LogP contribution in [-0.2, 0) is 9.59 Å². The van der Waals surface area contributed by atoms with E-state index in [0.29, 0.717) is 19.4 Å². The van der Waals surface area contributed by atoms with E-state index in [-0.39, 0.29) is 17.9 Å². The molecule has 1 aliphatic heterocycles. The van der Waals surface area contributed by atoms with Gasteiger partial charge in [0.2, 0.25) is 11.8 Å². The van der Waals surface area contributed by atoms with Crippen molar-refractivity contribution in [2.24, 2.45) is 0 Å². The fourth-order valence-electron chi connectivity index (χ4n) is 1.42. The predicted molar refractivity (Wildman–Crippen MR) is 50.5 cm³/mol. The Morgan fingerprint density at radius 1 is 1.64 bits per heavy atom. The molecule has 2 amide bonds. The summed E-state index contributed by atoms with van der Waals surface area (Å²) in [7, 11) is 1.49. The van der Waals surface area contributed by atoms with Crippen LogP contribution >= 0.6 is 0 Å². The lowest BCUT2D eigenvalue weighted by atomic mass is 10.0. The highest BCUT2D eigenvalue weighted by molar-refractivity contribution is 6.00. The van der Waals surface area contributed by atoms with Crippen molar-refractivity contribution in [2.75, 3.05) is 13.6 Å². The largest absolute Gasteiger partial charge is 0.392 e. The van der Waals surface area contributed by atoms with Gasteiger partial charge in [-0.05, 0) is 13.3 Å². The molecule has 1 heterocycles. The molecule has 0 aromatic heterocycles. The van der Waals surface area contributed by atoms with Crippen LogP contribution in [0, 0.1) is 0 Å². The van der Waals surface area contributed by atoms with E-state index in [2.05, 4.69) is 5.32 Å². The SMILES string of the molecule is C[C@H](O)CNC1CCC(=O)N(C)C1=O. The predicted octanol–water partition coefficient (Wildman–Crippen LogP) is -0.896. The molecule has 0 aromatic carbocycles. The number of aliphatic hydroxyl groups is 1. The molecule has 1 aliphatic rings. The molecular formula is C9H16N2O3. The molecule has 0 radical (unpaired) electrons. The van der Waals surface area contributed by atoms with E-state index < -0.39 is 6.10 Å². The first-order valence-electron chi connectivity index (χ1n) is 4.74. The molecule has 0 saturated carbocycles. The molecule has 1 rings (SSSR count). The molecule has 1 unspecified atom stereocenters. The van der Waals surface area contributed by atoms with Gasteiger partial charge in [-0.1, -0.05) is 0 Å². The molecular weight excluding hydrogens is 184 g/mol. The molecule has 0 spiro atoms. The zero-order valence-corrected chi connectivity index (χ0v) is 8.49. The topological polar surface area (TPSA) is 69.6 Å². The van der Waals surface area contributed by atoms with E-state index in [9.17, 15) is 9.59 Å². The number of likely N-dealkylation sites (N-methyl/N-ethyl adjacent to an activating group) is 1. The summed E-state index contributed by atoms with van der Waals surface area (Å²) in [4.78, 5) is 23.8. The van der Waals surface area contributed by atoms with Crippen molar-refractivity contribution < 1.29 is 14.7 Å². The lowest BCUT2D eigenvalue weighted by Gasteiger charge is -2.28. The number of amides is 2. The summed E-state index contributed by atoms with van der Waals surface area (Å²) in [5.74, 6) is -0.341. The van der Waals surface area contributed by atoms with E-state index in [0.717, 1.165) is 4.90 Å². The Bertz CT molecular complexity index is 240. The summed E-state index contributed by atoms with van der Waals surface area (Å²) >= 11 is 0. The fraction of sp³-hybridized carbons (Fsp3) is 0.778. The van der Waals surface area contributed by atoms with Gasteiger partial charge in [0.1, 0.15) is 0 Å². The number of nitrogens with zero attached hydrogens (tertiary/aromatic N) is 1. The van der Waals surface area contributed by atoms with Crippen LogP contribution in [0.1, 0.15) is 19.8 Å². The standard InChI is InChI=1S/C9H16N2O3/c1-6(12)5-10-7-3-4-8(13)11(2)9(7)14/h6-7,10,12H,3-5H2,1-2H3/t6-,7?/m0/s1. The van der Waals surface area contributed by atoms with E-state index in [1.54, 1.807) is 6.92 Å². The Morgan fingerprint density at radius 2 is 2.29 bits per heavy atom. The van der Waals surface area contributed by atoms with Crippen LogP contribution in [0.25, 0.3) is 0 Å². The summed E-state index contributed by atoms with van der Waals surface area (Å²) in [5.41, 5.74) is 0. The smallest absolute Gasteiger partial charge is 0.246 e. The van der Waals surface area contributed by atoms with Crippen molar-refractivity contribution in [3.8, 4) is 0 Å². The number of imide groups is 1. The number of carbonyl (C=O) groups excluding carboxylic acids is 2. The van der Waals surface area contributed by atoms with E-state index >= 15 is 0 Å². The highest BCUT2D eigenvalue weighted by atomic mass is 16.3. The third kappa shape index (κ3) is 2.52. The number of carbonyl (C=O) groups is 2. The van der Waals surface area contributed by atoms with Gasteiger partial charge in [-0.25, -0.2) is 0 Å². The van der Waals surface area contributed by atoms with Gasteiger partial charge in [0.25, 0.3) is 0 Å². The van der Waals surface area contributed by atoms with Crippen LogP contribution < -0.4 is 5.32 Å². The lowest BCUT2D eigenvalue weighted by Crippen LogP contribution is -2.52. The van der Waals surface area contributed by atoms with Gasteiger partial charge in [0, 0.05) is 20.0 Å². The van der Waals surface area contributed by atoms with Crippen molar-refractivity contribution in [2.45, 2.75) is 31.9 Å². The Hall–Kier alpha value is -0.940. The number of piperidine rings is 1. The van der Waals surface area contributed by atoms with E-state index in [1.807, 2.05) is 0 Å². The van der Waals surface area contributed by atoms with Crippen molar-refractivity contribution in [3.05, 3.63) is 0 Å². The summed E-state index contributed by atoms with van der Waals surface area (Å²) in [6.07, 6.45) is 0.430. The fourth-order valence-corrected chi connectivity index (χ4v) is 1.42. The Labute approximate surface area is 83.1 Å². The van der Waals surface area contributed by atoms with Gasteiger partial charge < -0.3 is 10.4 Å². The normalized spacial score (nSPS) is 25.4. The third-order valence-electron chi connectivity index (χ3n) is 2.31. The second kappa shape index (κ2) is 4.52. The minimum absolute atomic E-state index is 0.134. The second-order valence-electron chi connectivity index (χ2n) is 3.64. The maximum atomic E-state index is 11.5. The molecule has 14 heavy (non-hydrogen) atoms. The zero-order valence-electron chi connectivity index (χ0n) is 8.49. The highest BCUT2D eigenvalue weighted by Crippen LogP contribution is 2.11. The Morgan fingerprint density at radius 3 is 2.86 bits per heavy atom. The average Bonchev–Trinajstić information content (AvgIpc) is 2.13. The quantitative estimate of drug-likeness (QED) is 0.579. The molecule has 1 fully saturated rings. The van der Waals surface area contributed by atoms with Gasteiger partial charge in [0.15, 0.2) is 0 Å². The zero-order chi connectivity index (χ0) is 10.7. The van der Waals surface area contributed by atoms with Crippen LogP contribution in [0.2, 0.25) is 0 Å². The van der Waals surface area contributed by atoms with Crippen LogP contribution in [0.5, 0.6) is 0 Å². The summed E-state index contributed by atoms with van der Waals surface area (Å²) < 4.78 is 0. The molecule has 0 aromatic rings. The molecule has 5 heteroatoms. The molecule has 2 atom stereocenters. The van der Waals surface area contributed by atoms with Crippen LogP contribution in [0.4, 0.5) is 0 Å². The Kier molecular flexibility index (Phi) is 3.60. The minimum Gasteiger partial charge on any atom is -0.392 e. The van der Waals surface area contributed by atoms with Gasteiger partial charge in [-0.3, -0.25) is 14.5 Å². The summed E-state index contributed by atoms with van der Waals surface area (Å²) in [5, 5.41) is 12.0. The number of aliphatic hydroxyl groups excluding tert-OH is 1. The first-order valence-corrected chi connectivity index (χ1v) is 4.74. The van der Waals surface area contributed by atoms with Crippen molar-refractivity contribution in [1.29, 1.82) is 0 Å². The van der Waals surface area contributed by atoms with E-state index in [4.69, 9.17) is 5.11 Å². The number of likely N-dealkylation sites (tertiary alicyclic amines) is 1. The molecule has 0 bridgehead atoms. The maximum absolute atomic E-state index is 11.5. The van der Waals surface area contributed by atoms with Gasteiger partial charge in [0.05, 0.1) is 12.1 Å². The lowest BCUT2D eigenvalue weighted by molar-refractivity contribution is -0.148. The van der Waals surface area contributed by atoms with Crippen molar-refractivity contribution >= 4 is 11.8 Å². The molecule has 2 N–H and O–H groups in total. The molecule has 0 aliphatic carbocycles. The molecule has 80 valence electrons. The number of rotatable bonds is 3. The second-order valence-corrected chi connectivity index (χ2v) is 3.64. The first kappa shape index (κ1) is 11.1. The average molecular weight is 200 g/mol. The number of nitrogens with one attached hydrogen (secondary N) is 1. The summed E-state index contributed by atoms with van der Waals surface area (Å²) in [6.45, 7) is 2.02. The highest BCUT2D eigenvalue weighted by Gasteiger charge is 2.31. The summed E-state index contributed by atoms with van der Waals surface area (Å²) in [6, 6.07) is -0.327.